The Morgan fingerprint density at radius 2 is 1.48 bits per heavy atom. The Morgan fingerprint density at radius 1 is 0.848 bits per heavy atom. The smallest absolute Gasteiger partial charge is 0.407 e. The van der Waals surface area contributed by atoms with Crippen LogP contribution in [0.3, 0.4) is 0 Å². The summed E-state index contributed by atoms with van der Waals surface area (Å²) in [5.74, 6) is -0.320. The van der Waals surface area contributed by atoms with Gasteiger partial charge in [-0.05, 0) is 31.7 Å². The molecule has 0 saturated carbocycles. The van der Waals surface area contributed by atoms with E-state index in [1.54, 1.807) is 6.92 Å². The molecule has 1 N–H and O–H groups in total. The van der Waals surface area contributed by atoms with Crippen molar-refractivity contribution in [3.63, 3.8) is 0 Å². The molecule has 0 bridgehead atoms. The molecule has 1 aromatic carbocycles. The van der Waals surface area contributed by atoms with Crippen molar-refractivity contribution in [3.05, 3.63) is 48.0 Å². The maximum absolute atomic E-state index is 12.3. The molecular formula is C28H45NO4. The number of hydrogen-bond donors (Lipinski definition) is 1. The van der Waals surface area contributed by atoms with Crippen LogP contribution < -0.4 is 5.32 Å². The SMILES string of the molecule is CCCCCCCCCCCC[C@@H](CC/C=C/C(=O)OCC)NC(=O)OCc1ccccc1. The zero-order valence-electron chi connectivity index (χ0n) is 20.9. The van der Waals surface area contributed by atoms with Crippen LogP contribution in [-0.2, 0) is 20.9 Å². The molecule has 5 nitrogen and oxygen atoms in total. The number of carbonyl (C=O) groups is 2. The summed E-state index contributed by atoms with van der Waals surface area (Å²) in [4.78, 5) is 23.8. The van der Waals surface area contributed by atoms with Gasteiger partial charge >= 0.3 is 12.1 Å². The lowest BCUT2D eigenvalue weighted by atomic mass is 10.0. The Morgan fingerprint density at radius 3 is 2.12 bits per heavy atom. The molecule has 0 aliphatic heterocycles. The minimum absolute atomic E-state index is 0.0363. The molecule has 1 aromatic rings. The molecule has 5 heteroatoms. The maximum atomic E-state index is 12.3. The third-order valence-electron chi connectivity index (χ3n) is 5.66. The molecule has 0 unspecified atom stereocenters. The average molecular weight is 460 g/mol. The molecule has 0 radical (unpaired) electrons. The lowest BCUT2D eigenvalue weighted by Gasteiger charge is -2.18. The van der Waals surface area contributed by atoms with Gasteiger partial charge in [-0.25, -0.2) is 9.59 Å². The minimum atomic E-state index is -0.384. The first-order chi connectivity index (χ1) is 16.2. The molecule has 0 aromatic heterocycles. The number of alkyl carbamates (subject to hydrolysis) is 1. The highest BCUT2D eigenvalue weighted by Gasteiger charge is 2.13. The van der Waals surface area contributed by atoms with E-state index in [0.29, 0.717) is 13.0 Å². The molecular weight excluding hydrogens is 414 g/mol. The third kappa shape index (κ3) is 16.9. The van der Waals surface area contributed by atoms with Gasteiger partial charge in [0.1, 0.15) is 6.61 Å². The number of carbonyl (C=O) groups excluding carboxylic acids is 2. The second kappa shape index (κ2) is 20.3. The van der Waals surface area contributed by atoms with Gasteiger partial charge in [-0.3, -0.25) is 0 Å². The summed E-state index contributed by atoms with van der Waals surface area (Å²) < 4.78 is 10.3. The largest absolute Gasteiger partial charge is 0.463 e. The van der Waals surface area contributed by atoms with Crippen molar-refractivity contribution in [1.82, 2.24) is 5.32 Å². The summed E-state index contributed by atoms with van der Waals surface area (Å²) in [5, 5.41) is 3.02. The fourth-order valence-electron chi connectivity index (χ4n) is 3.77. The molecule has 0 fully saturated rings. The number of hydrogen-bond acceptors (Lipinski definition) is 4. The van der Waals surface area contributed by atoms with Gasteiger partial charge in [0.25, 0.3) is 0 Å². The van der Waals surface area contributed by atoms with Crippen LogP contribution in [0.2, 0.25) is 0 Å². The summed E-state index contributed by atoms with van der Waals surface area (Å²) in [5.41, 5.74) is 0.969. The monoisotopic (exact) mass is 459 g/mol. The molecule has 186 valence electrons. The first-order valence-corrected chi connectivity index (χ1v) is 13.0. The summed E-state index contributed by atoms with van der Waals surface area (Å²) in [6.45, 7) is 4.68. The fourth-order valence-corrected chi connectivity index (χ4v) is 3.77. The molecule has 0 aliphatic carbocycles. The van der Waals surface area contributed by atoms with Gasteiger partial charge in [-0.15, -0.1) is 0 Å². The van der Waals surface area contributed by atoms with Gasteiger partial charge in [0.2, 0.25) is 0 Å². The van der Waals surface area contributed by atoms with Gasteiger partial charge in [-0.1, -0.05) is 108 Å². The van der Waals surface area contributed by atoms with Gasteiger partial charge in [-0.2, -0.15) is 0 Å². The number of amides is 1. The van der Waals surface area contributed by atoms with E-state index in [9.17, 15) is 9.59 Å². The quantitative estimate of drug-likeness (QED) is 0.132. The zero-order valence-corrected chi connectivity index (χ0v) is 20.9. The number of unbranched alkanes of at least 4 members (excludes halogenated alkanes) is 9. The maximum Gasteiger partial charge on any atom is 0.407 e. The summed E-state index contributed by atoms with van der Waals surface area (Å²) in [7, 11) is 0. The van der Waals surface area contributed by atoms with Gasteiger partial charge in [0.15, 0.2) is 0 Å². The second-order valence-corrected chi connectivity index (χ2v) is 8.61. The van der Waals surface area contributed by atoms with Crippen molar-refractivity contribution in [2.24, 2.45) is 0 Å². The molecule has 0 saturated heterocycles. The van der Waals surface area contributed by atoms with Gasteiger partial charge in [0, 0.05) is 12.1 Å². The van der Waals surface area contributed by atoms with E-state index in [1.165, 1.54) is 63.9 Å². The number of esters is 1. The Kier molecular flexibility index (Phi) is 17.7. The Balaban J connectivity index is 2.32. The average Bonchev–Trinajstić information content (AvgIpc) is 2.82. The normalized spacial score (nSPS) is 11.9. The number of allylic oxidation sites excluding steroid dienone is 1. The lowest BCUT2D eigenvalue weighted by Crippen LogP contribution is -2.35. The van der Waals surface area contributed by atoms with Crippen molar-refractivity contribution in [2.45, 2.75) is 110 Å². The number of ether oxygens (including phenoxy) is 2. The van der Waals surface area contributed by atoms with E-state index in [2.05, 4.69) is 12.2 Å². The van der Waals surface area contributed by atoms with E-state index < -0.39 is 0 Å². The molecule has 0 heterocycles. The highest BCUT2D eigenvalue weighted by atomic mass is 16.5. The molecule has 33 heavy (non-hydrogen) atoms. The topological polar surface area (TPSA) is 64.6 Å². The van der Waals surface area contributed by atoms with Crippen LogP contribution in [0.5, 0.6) is 0 Å². The van der Waals surface area contributed by atoms with Gasteiger partial charge < -0.3 is 14.8 Å². The van der Waals surface area contributed by atoms with E-state index >= 15 is 0 Å². The Labute approximate surface area is 201 Å². The molecule has 1 rings (SSSR count). The van der Waals surface area contributed by atoms with Crippen LogP contribution in [-0.4, -0.2) is 24.7 Å². The third-order valence-corrected chi connectivity index (χ3v) is 5.66. The van der Waals surface area contributed by atoms with Crippen molar-refractivity contribution in [3.8, 4) is 0 Å². The highest BCUT2D eigenvalue weighted by Crippen LogP contribution is 2.14. The predicted octanol–water partition coefficient (Wildman–Crippen LogP) is 7.49. The number of rotatable bonds is 19. The van der Waals surface area contributed by atoms with Crippen molar-refractivity contribution >= 4 is 12.1 Å². The van der Waals surface area contributed by atoms with E-state index in [1.807, 2.05) is 36.4 Å². The summed E-state index contributed by atoms with van der Waals surface area (Å²) in [6.07, 6.45) is 18.2. The van der Waals surface area contributed by atoms with Crippen LogP contribution in [0.1, 0.15) is 103 Å². The van der Waals surface area contributed by atoms with E-state index in [4.69, 9.17) is 9.47 Å². The fraction of sp³-hybridized carbons (Fsp3) is 0.643. The molecule has 1 atom stereocenters. The predicted molar refractivity (Wildman–Crippen MR) is 135 cm³/mol. The Bertz CT molecular complexity index is 645. The van der Waals surface area contributed by atoms with Crippen LogP contribution in [0.15, 0.2) is 42.5 Å². The van der Waals surface area contributed by atoms with Crippen LogP contribution in [0.4, 0.5) is 4.79 Å². The Hall–Kier alpha value is -2.30. The van der Waals surface area contributed by atoms with E-state index in [0.717, 1.165) is 24.8 Å². The summed E-state index contributed by atoms with van der Waals surface area (Å²) >= 11 is 0. The number of nitrogens with one attached hydrogen (secondary N) is 1. The van der Waals surface area contributed by atoms with Crippen molar-refractivity contribution < 1.29 is 19.1 Å². The van der Waals surface area contributed by atoms with Crippen molar-refractivity contribution in [2.75, 3.05) is 6.61 Å². The van der Waals surface area contributed by atoms with Crippen molar-refractivity contribution in [1.29, 1.82) is 0 Å². The molecule has 0 aliphatic rings. The van der Waals surface area contributed by atoms with Crippen LogP contribution in [0.25, 0.3) is 0 Å². The van der Waals surface area contributed by atoms with E-state index in [-0.39, 0.29) is 24.7 Å². The first-order valence-electron chi connectivity index (χ1n) is 13.0. The van der Waals surface area contributed by atoms with Gasteiger partial charge in [0.05, 0.1) is 6.61 Å². The highest BCUT2D eigenvalue weighted by molar-refractivity contribution is 5.81. The van der Waals surface area contributed by atoms with Crippen LogP contribution >= 0.6 is 0 Å². The van der Waals surface area contributed by atoms with Crippen LogP contribution in [0, 0.1) is 0 Å². The number of benzene rings is 1. The first kappa shape index (κ1) is 28.7. The lowest BCUT2D eigenvalue weighted by molar-refractivity contribution is -0.137. The standard InChI is InChI=1S/C28H45NO4/c1-3-5-6-7-8-9-10-11-12-16-21-26(22-17-18-23-27(30)32-4-2)29-28(31)33-24-25-19-14-13-15-20-25/h13-15,18-20,23,26H,3-12,16-17,21-22,24H2,1-2H3,(H,29,31)/b23-18+/t26-/m0/s1. The molecule has 1 amide bonds. The zero-order chi connectivity index (χ0) is 24.0. The molecule has 0 spiro atoms. The summed E-state index contributed by atoms with van der Waals surface area (Å²) in [6, 6.07) is 9.72. The second-order valence-electron chi connectivity index (χ2n) is 8.61. The minimum Gasteiger partial charge on any atom is -0.463 e.